The number of rotatable bonds is 18. The number of nitrogens with one attached hydrogen (secondary N) is 2. The molecule has 33 heavy (non-hydrogen) atoms. The van der Waals surface area contributed by atoms with Gasteiger partial charge in [-0.3, -0.25) is 9.59 Å². The molecular formula is C23H42N2O8. The predicted octanol–water partition coefficient (Wildman–Crippen LogP) is 2.87. The van der Waals surface area contributed by atoms with E-state index in [1.54, 1.807) is 0 Å². The fraction of sp³-hybridized carbons (Fsp3) is 0.826. The molecular weight excluding hydrogens is 432 g/mol. The fourth-order valence-electron chi connectivity index (χ4n) is 2.12. The van der Waals surface area contributed by atoms with Crippen LogP contribution in [0.25, 0.3) is 0 Å². The maximum absolute atomic E-state index is 11.6. The maximum Gasteiger partial charge on any atom is 0.407 e. The molecule has 0 aromatic carbocycles. The first kappa shape index (κ1) is 30.8. The van der Waals surface area contributed by atoms with Gasteiger partial charge in [-0.2, -0.15) is 0 Å². The predicted molar refractivity (Wildman–Crippen MR) is 123 cm³/mol. The minimum Gasteiger partial charge on any atom is -0.450 e. The lowest BCUT2D eigenvalue weighted by Crippen LogP contribution is -2.32. The van der Waals surface area contributed by atoms with Crippen LogP contribution in [-0.4, -0.2) is 76.5 Å². The summed E-state index contributed by atoms with van der Waals surface area (Å²) < 4.78 is 20.9. The number of carbonyl (C=O) groups excluding carboxylic acids is 4. The molecule has 10 heteroatoms. The largest absolute Gasteiger partial charge is 0.450 e. The van der Waals surface area contributed by atoms with E-state index in [9.17, 15) is 19.2 Å². The molecule has 0 heterocycles. The minimum atomic E-state index is -0.534. The van der Waals surface area contributed by atoms with Crippen molar-refractivity contribution in [2.75, 3.05) is 52.7 Å². The van der Waals surface area contributed by atoms with E-state index in [-0.39, 0.29) is 24.8 Å². The highest BCUT2D eigenvalue weighted by Crippen LogP contribution is 2.16. The third-order valence-electron chi connectivity index (χ3n) is 5.12. The Morgan fingerprint density at radius 1 is 0.606 bits per heavy atom. The molecule has 192 valence electrons. The van der Waals surface area contributed by atoms with Crippen molar-refractivity contribution in [2.45, 2.75) is 60.8 Å². The molecule has 0 bridgehead atoms. The lowest BCUT2D eigenvalue weighted by atomic mass is 9.90. The van der Waals surface area contributed by atoms with Gasteiger partial charge in [0, 0.05) is 23.9 Å². The number of alkyl carbamates (subject to hydrolysis) is 2. The van der Waals surface area contributed by atoms with E-state index >= 15 is 0 Å². The molecule has 2 N–H and O–H groups in total. The molecule has 0 saturated carbocycles. The summed E-state index contributed by atoms with van der Waals surface area (Å²) in [6, 6.07) is 0. The summed E-state index contributed by atoms with van der Waals surface area (Å²) in [5, 5.41) is 5.16. The van der Waals surface area contributed by atoms with Crippen molar-refractivity contribution in [2.24, 2.45) is 10.8 Å². The fourth-order valence-corrected chi connectivity index (χ4v) is 2.12. The summed E-state index contributed by atoms with van der Waals surface area (Å²) in [5.74, 6) is 0.106. The zero-order valence-electron chi connectivity index (χ0n) is 21.0. The molecule has 0 atom stereocenters. The molecule has 0 saturated heterocycles. The smallest absolute Gasteiger partial charge is 0.407 e. The van der Waals surface area contributed by atoms with Gasteiger partial charge < -0.3 is 29.6 Å². The molecule has 0 aromatic rings. The Bertz CT molecular complexity index is 568. The first-order chi connectivity index (χ1) is 15.4. The van der Waals surface area contributed by atoms with Gasteiger partial charge >= 0.3 is 12.2 Å². The zero-order chi connectivity index (χ0) is 25.3. The van der Waals surface area contributed by atoms with E-state index in [0.717, 1.165) is 6.42 Å². The van der Waals surface area contributed by atoms with Crippen LogP contribution in [0.5, 0.6) is 0 Å². The third kappa shape index (κ3) is 16.1. The van der Waals surface area contributed by atoms with Gasteiger partial charge in [0.15, 0.2) is 0 Å². The van der Waals surface area contributed by atoms with Crippen molar-refractivity contribution in [3.8, 4) is 0 Å². The van der Waals surface area contributed by atoms with Crippen LogP contribution < -0.4 is 10.6 Å². The van der Waals surface area contributed by atoms with E-state index in [1.165, 1.54) is 13.8 Å². The molecule has 0 aromatic heterocycles. The molecule has 0 spiro atoms. The van der Waals surface area contributed by atoms with E-state index in [2.05, 4.69) is 10.6 Å². The summed E-state index contributed by atoms with van der Waals surface area (Å²) in [6.07, 6.45) is 1.01. The topological polar surface area (TPSA) is 129 Å². The van der Waals surface area contributed by atoms with E-state index in [0.29, 0.717) is 52.4 Å². The van der Waals surface area contributed by atoms with Gasteiger partial charge in [0.25, 0.3) is 0 Å². The summed E-state index contributed by atoms with van der Waals surface area (Å²) in [7, 11) is 0. The van der Waals surface area contributed by atoms with Crippen LogP contribution in [0.1, 0.15) is 60.8 Å². The van der Waals surface area contributed by atoms with E-state index in [1.807, 2.05) is 27.7 Å². The highest BCUT2D eigenvalue weighted by Gasteiger charge is 2.24. The van der Waals surface area contributed by atoms with E-state index in [4.69, 9.17) is 18.9 Å². The van der Waals surface area contributed by atoms with Gasteiger partial charge in [0.1, 0.15) is 11.6 Å². The second-order valence-electron chi connectivity index (χ2n) is 9.17. The van der Waals surface area contributed by atoms with Gasteiger partial charge in [0.05, 0.1) is 39.6 Å². The first-order valence-corrected chi connectivity index (χ1v) is 11.4. The number of ether oxygens (including phenoxy) is 4. The number of amides is 2. The Morgan fingerprint density at radius 3 is 1.30 bits per heavy atom. The van der Waals surface area contributed by atoms with Gasteiger partial charge in [-0.15, -0.1) is 0 Å². The van der Waals surface area contributed by atoms with Crippen molar-refractivity contribution in [1.82, 2.24) is 10.6 Å². The molecule has 0 aliphatic carbocycles. The second-order valence-corrected chi connectivity index (χ2v) is 9.17. The van der Waals surface area contributed by atoms with Crippen molar-refractivity contribution >= 4 is 23.8 Å². The number of unbranched alkanes of at least 4 members (excludes halogenated alkanes) is 2. The Kier molecular flexibility index (Phi) is 15.3. The van der Waals surface area contributed by atoms with Crippen LogP contribution in [0.15, 0.2) is 0 Å². The molecule has 0 aliphatic heterocycles. The molecule has 0 aliphatic rings. The van der Waals surface area contributed by atoms with Gasteiger partial charge in [0.2, 0.25) is 0 Å². The van der Waals surface area contributed by atoms with Crippen molar-refractivity contribution in [1.29, 1.82) is 0 Å². The van der Waals surface area contributed by atoms with Crippen molar-refractivity contribution < 1.29 is 38.1 Å². The van der Waals surface area contributed by atoms with Crippen LogP contribution >= 0.6 is 0 Å². The standard InChI is InChI=1S/C23H42N2O8/c1-18(26)22(3,4)16-30-14-10-24-20(28)32-12-8-7-9-13-33-21(29)25-11-15-31-17-23(5,6)19(2)27/h7-17H2,1-6H3,(H,24,28)(H,25,29). The van der Waals surface area contributed by atoms with Crippen LogP contribution in [0.2, 0.25) is 0 Å². The Morgan fingerprint density at radius 2 is 0.970 bits per heavy atom. The number of hydrogen-bond donors (Lipinski definition) is 2. The van der Waals surface area contributed by atoms with Gasteiger partial charge in [-0.05, 0) is 33.1 Å². The number of Topliss-reactive ketones (excluding diaryl/α,β-unsaturated/α-hetero) is 2. The van der Waals surface area contributed by atoms with Crippen LogP contribution in [0.4, 0.5) is 9.59 Å². The molecule has 0 fully saturated rings. The molecule has 0 radical (unpaired) electrons. The lowest BCUT2D eigenvalue weighted by Gasteiger charge is -2.20. The van der Waals surface area contributed by atoms with Gasteiger partial charge in [-0.25, -0.2) is 9.59 Å². The second kappa shape index (κ2) is 16.4. The van der Waals surface area contributed by atoms with Crippen molar-refractivity contribution in [3.05, 3.63) is 0 Å². The SMILES string of the molecule is CC(=O)C(C)(C)COCCNC(=O)OCCCCCOC(=O)NCCOCC(C)(C)C(C)=O. The number of carbonyl (C=O) groups is 4. The van der Waals surface area contributed by atoms with E-state index < -0.39 is 23.0 Å². The molecule has 10 nitrogen and oxygen atoms in total. The maximum atomic E-state index is 11.6. The highest BCUT2D eigenvalue weighted by molar-refractivity contribution is 5.82. The summed E-state index contributed by atoms with van der Waals surface area (Å²) in [6.45, 7) is 12.6. The summed E-state index contributed by atoms with van der Waals surface area (Å²) in [5.41, 5.74) is -1.07. The van der Waals surface area contributed by atoms with Gasteiger partial charge in [-0.1, -0.05) is 27.7 Å². The molecule has 0 unspecified atom stereocenters. The number of hydrogen-bond acceptors (Lipinski definition) is 8. The van der Waals surface area contributed by atoms with Crippen LogP contribution in [-0.2, 0) is 28.5 Å². The lowest BCUT2D eigenvalue weighted by molar-refractivity contribution is -0.128. The Labute approximate surface area is 197 Å². The molecule has 2 amide bonds. The number of ketones is 2. The Balaban J connectivity index is 3.53. The summed E-state index contributed by atoms with van der Waals surface area (Å²) >= 11 is 0. The summed E-state index contributed by atoms with van der Waals surface area (Å²) in [4.78, 5) is 45.9. The van der Waals surface area contributed by atoms with Crippen LogP contribution in [0, 0.1) is 10.8 Å². The quantitative estimate of drug-likeness (QED) is 0.290. The Hall–Kier alpha value is -2.20. The third-order valence-corrected chi connectivity index (χ3v) is 5.12. The zero-order valence-corrected chi connectivity index (χ0v) is 21.0. The average molecular weight is 475 g/mol. The van der Waals surface area contributed by atoms with Crippen LogP contribution in [0.3, 0.4) is 0 Å². The van der Waals surface area contributed by atoms with Crippen molar-refractivity contribution in [3.63, 3.8) is 0 Å². The highest BCUT2D eigenvalue weighted by atomic mass is 16.6. The normalized spacial score (nSPS) is 11.6. The monoisotopic (exact) mass is 474 g/mol. The average Bonchev–Trinajstić information content (AvgIpc) is 2.72. The minimum absolute atomic E-state index is 0.0529. The first-order valence-electron chi connectivity index (χ1n) is 11.4. The molecule has 0 rings (SSSR count).